The third-order valence-electron chi connectivity index (χ3n) is 3.22. The van der Waals surface area contributed by atoms with Crippen molar-refractivity contribution in [2.24, 2.45) is 0 Å². The molecule has 1 aliphatic heterocycles. The van der Waals surface area contributed by atoms with Crippen LogP contribution in [0.4, 0.5) is 5.82 Å². The zero-order chi connectivity index (χ0) is 10.3. The molecule has 0 saturated carbocycles. The zero-order valence-corrected chi connectivity index (χ0v) is 8.77. The maximum atomic E-state index is 4.39. The summed E-state index contributed by atoms with van der Waals surface area (Å²) in [6, 6.07) is 2.72. The number of H-pyrrole nitrogens is 1. The lowest BCUT2D eigenvalue weighted by atomic mass is 10.0. The minimum atomic E-state index is 0.665. The van der Waals surface area contributed by atoms with Crippen LogP contribution in [-0.4, -0.2) is 27.5 Å². The Labute approximate surface area is 88.3 Å². The first-order chi connectivity index (χ1) is 7.40. The summed E-state index contributed by atoms with van der Waals surface area (Å²) >= 11 is 0. The molecule has 0 bridgehead atoms. The highest BCUT2D eigenvalue weighted by atomic mass is 15.3. The van der Waals surface area contributed by atoms with E-state index in [0.717, 1.165) is 23.4 Å². The predicted octanol–water partition coefficient (Wildman–Crippen LogP) is 1.95. The van der Waals surface area contributed by atoms with Gasteiger partial charge in [0.25, 0.3) is 0 Å². The van der Waals surface area contributed by atoms with E-state index in [-0.39, 0.29) is 0 Å². The van der Waals surface area contributed by atoms with Crippen LogP contribution < -0.4 is 4.90 Å². The van der Waals surface area contributed by atoms with Crippen LogP contribution in [0.1, 0.15) is 19.8 Å². The minimum absolute atomic E-state index is 0.665. The molecule has 0 spiro atoms. The third kappa shape index (κ3) is 1.21. The van der Waals surface area contributed by atoms with Gasteiger partial charge in [0.2, 0.25) is 0 Å². The molecule has 1 unspecified atom stereocenters. The number of rotatable bonds is 2. The molecule has 1 saturated heterocycles. The van der Waals surface area contributed by atoms with E-state index < -0.39 is 0 Å². The highest BCUT2D eigenvalue weighted by Gasteiger charge is 2.28. The van der Waals surface area contributed by atoms with E-state index in [1.807, 2.05) is 6.20 Å². The molecule has 4 heteroatoms. The standard InChI is InChI=1S/C11H14N4/c1-2-8-4-6-15(8)11-9-3-5-12-10(9)13-7-14-11/h3,5,7-8H,2,4,6H2,1H3,(H,12,13,14). The molecule has 0 aromatic carbocycles. The van der Waals surface area contributed by atoms with E-state index in [0.29, 0.717) is 6.04 Å². The van der Waals surface area contributed by atoms with E-state index in [1.165, 1.54) is 12.8 Å². The number of hydrogen-bond acceptors (Lipinski definition) is 3. The first kappa shape index (κ1) is 8.71. The third-order valence-corrected chi connectivity index (χ3v) is 3.22. The van der Waals surface area contributed by atoms with E-state index in [2.05, 4.69) is 32.8 Å². The van der Waals surface area contributed by atoms with Gasteiger partial charge in [-0.2, -0.15) is 0 Å². The second-order valence-electron chi connectivity index (χ2n) is 3.98. The van der Waals surface area contributed by atoms with Crippen LogP contribution in [0.25, 0.3) is 11.0 Å². The van der Waals surface area contributed by atoms with E-state index in [9.17, 15) is 0 Å². The van der Waals surface area contributed by atoms with Crippen molar-refractivity contribution in [1.29, 1.82) is 0 Å². The molecule has 78 valence electrons. The molecule has 1 aliphatic rings. The second-order valence-corrected chi connectivity index (χ2v) is 3.98. The molecule has 0 aliphatic carbocycles. The molecule has 2 aromatic rings. The van der Waals surface area contributed by atoms with Crippen LogP contribution in [-0.2, 0) is 0 Å². The number of anilines is 1. The second kappa shape index (κ2) is 3.22. The lowest BCUT2D eigenvalue weighted by Gasteiger charge is -2.41. The lowest BCUT2D eigenvalue weighted by molar-refractivity contribution is 0.434. The molecule has 15 heavy (non-hydrogen) atoms. The average molecular weight is 202 g/mol. The molecule has 4 nitrogen and oxygen atoms in total. The Morgan fingerprint density at radius 3 is 3.20 bits per heavy atom. The Kier molecular flexibility index (Phi) is 1.87. The summed E-state index contributed by atoms with van der Waals surface area (Å²) in [5, 5.41) is 1.13. The van der Waals surface area contributed by atoms with E-state index in [1.54, 1.807) is 6.33 Å². The maximum absolute atomic E-state index is 4.39. The largest absolute Gasteiger partial charge is 0.353 e. The Bertz CT molecular complexity index is 474. The molecule has 3 heterocycles. The SMILES string of the molecule is CCC1CCN1c1ncnc2[nH]ccc12. The minimum Gasteiger partial charge on any atom is -0.353 e. The normalized spacial score (nSPS) is 20.6. The number of nitrogens with zero attached hydrogens (tertiary/aromatic N) is 3. The predicted molar refractivity (Wildman–Crippen MR) is 59.9 cm³/mol. The molecule has 2 aromatic heterocycles. The van der Waals surface area contributed by atoms with Gasteiger partial charge in [-0.1, -0.05) is 6.92 Å². The van der Waals surface area contributed by atoms with Crippen molar-refractivity contribution in [2.75, 3.05) is 11.4 Å². The molecule has 1 N–H and O–H groups in total. The number of aromatic amines is 1. The van der Waals surface area contributed by atoms with Gasteiger partial charge in [0.05, 0.1) is 5.39 Å². The Hall–Kier alpha value is -1.58. The van der Waals surface area contributed by atoms with Crippen molar-refractivity contribution in [2.45, 2.75) is 25.8 Å². The molecule has 1 fully saturated rings. The van der Waals surface area contributed by atoms with Gasteiger partial charge in [-0.3, -0.25) is 0 Å². The van der Waals surface area contributed by atoms with E-state index >= 15 is 0 Å². The van der Waals surface area contributed by atoms with Crippen molar-refractivity contribution in [3.05, 3.63) is 18.6 Å². The lowest BCUT2D eigenvalue weighted by Crippen LogP contribution is -2.47. The molecular formula is C11H14N4. The topological polar surface area (TPSA) is 44.8 Å². The van der Waals surface area contributed by atoms with Crippen LogP contribution >= 0.6 is 0 Å². The fourth-order valence-corrected chi connectivity index (χ4v) is 2.23. The number of nitrogens with one attached hydrogen (secondary N) is 1. The summed E-state index contributed by atoms with van der Waals surface area (Å²) in [5.41, 5.74) is 0.932. The summed E-state index contributed by atoms with van der Waals surface area (Å²) in [6.45, 7) is 3.35. The van der Waals surface area contributed by atoms with Crippen LogP contribution in [0.3, 0.4) is 0 Å². The number of aromatic nitrogens is 3. The van der Waals surface area contributed by atoms with Gasteiger partial charge >= 0.3 is 0 Å². The van der Waals surface area contributed by atoms with Crippen molar-refractivity contribution < 1.29 is 0 Å². The molecule has 3 rings (SSSR count). The zero-order valence-electron chi connectivity index (χ0n) is 8.77. The molecule has 0 radical (unpaired) electrons. The molecular weight excluding hydrogens is 188 g/mol. The fraction of sp³-hybridized carbons (Fsp3) is 0.455. The first-order valence-electron chi connectivity index (χ1n) is 5.45. The van der Waals surface area contributed by atoms with Crippen LogP contribution in [0, 0.1) is 0 Å². The van der Waals surface area contributed by atoms with E-state index in [4.69, 9.17) is 0 Å². The van der Waals surface area contributed by atoms with Crippen molar-refractivity contribution in [3.63, 3.8) is 0 Å². The summed E-state index contributed by atoms with van der Waals surface area (Å²) in [7, 11) is 0. The Morgan fingerprint density at radius 2 is 2.47 bits per heavy atom. The molecule has 0 amide bonds. The average Bonchev–Trinajstić information content (AvgIpc) is 2.65. The smallest absolute Gasteiger partial charge is 0.142 e. The molecule has 1 atom stereocenters. The summed E-state index contributed by atoms with van der Waals surface area (Å²) in [5.74, 6) is 1.08. The van der Waals surface area contributed by atoms with Gasteiger partial charge in [0.15, 0.2) is 0 Å². The number of hydrogen-bond donors (Lipinski definition) is 1. The van der Waals surface area contributed by atoms with Crippen LogP contribution in [0.15, 0.2) is 18.6 Å². The Morgan fingerprint density at radius 1 is 1.53 bits per heavy atom. The van der Waals surface area contributed by atoms with Gasteiger partial charge in [-0.25, -0.2) is 9.97 Å². The highest BCUT2D eigenvalue weighted by Crippen LogP contribution is 2.30. The first-order valence-corrected chi connectivity index (χ1v) is 5.45. The van der Waals surface area contributed by atoms with Gasteiger partial charge < -0.3 is 9.88 Å². The van der Waals surface area contributed by atoms with Crippen LogP contribution in [0.5, 0.6) is 0 Å². The van der Waals surface area contributed by atoms with Crippen LogP contribution in [0.2, 0.25) is 0 Å². The van der Waals surface area contributed by atoms with Gasteiger partial charge in [-0.15, -0.1) is 0 Å². The monoisotopic (exact) mass is 202 g/mol. The van der Waals surface area contributed by atoms with Crippen molar-refractivity contribution in [3.8, 4) is 0 Å². The maximum Gasteiger partial charge on any atom is 0.142 e. The quantitative estimate of drug-likeness (QED) is 0.809. The van der Waals surface area contributed by atoms with Crippen molar-refractivity contribution in [1.82, 2.24) is 15.0 Å². The Balaban J connectivity index is 2.06. The van der Waals surface area contributed by atoms with Gasteiger partial charge in [0, 0.05) is 18.8 Å². The summed E-state index contributed by atoms with van der Waals surface area (Å²) in [6.07, 6.45) is 6.03. The van der Waals surface area contributed by atoms with Crippen molar-refractivity contribution >= 4 is 16.9 Å². The van der Waals surface area contributed by atoms with Gasteiger partial charge in [-0.05, 0) is 18.9 Å². The summed E-state index contributed by atoms with van der Waals surface area (Å²) in [4.78, 5) is 14.1. The fourth-order valence-electron chi connectivity index (χ4n) is 2.23. The number of fused-ring (bicyclic) bond motifs is 1. The van der Waals surface area contributed by atoms with Gasteiger partial charge in [0.1, 0.15) is 17.8 Å². The summed E-state index contributed by atoms with van der Waals surface area (Å²) < 4.78 is 0. The highest BCUT2D eigenvalue weighted by molar-refractivity contribution is 5.87.